The molecule has 106 valence electrons. The predicted octanol–water partition coefficient (Wildman–Crippen LogP) is 0.990. The van der Waals surface area contributed by atoms with Crippen molar-refractivity contribution in [3.05, 3.63) is 0 Å². The third-order valence-electron chi connectivity index (χ3n) is 4.79. The van der Waals surface area contributed by atoms with Crippen LogP contribution in [-0.4, -0.2) is 61.5 Å². The van der Waals surface area contributed by atoms with Crippen molar-refractivity contribution in [1.82, 2.24) is 10.2 Å². The van der Waals surface area contributed by atoms with Crippen LogP contribution in [0.5, 0.6) is 0 Å². The van der Waals surface area contributed by atoms with Gasteiger partial charge in [-0.15, -0.1) is 0 Å². The van der Waals surface area contributed by atoms with Crippen LogP contribution in [-0.2, 0) is 4.74 Å². The molecule has 0 aromatic rings. The van der Waals surface area contributed by atoms with Crippen LogP contribution < -0.4 is 5.32 Å². The van der Waals surface area contributed by atoms with E-state index in [2.05, 4.69) is 17.3 Å². The van der Waals surface area contributed by atoms with E-state index < -0.39 is 0 Å². The first-order valence-corrected chi connectivity index (χ1v) is 7.31. The van der Waals surface area contributed by atoms with Gasteiger partial charge in [-0.3, -0.25) is 0 Å². The summed E-state index contributed by atoms with van der Waals surface area (Å²) in [4.78, 5) is 2.44. The number of hydrogen-bond acceptors (Lipinski definition) is 4. The summed E-state index contributed by atoms with van der Waals surface area (Å²) in [6, 6.07) is 0.572. The van der Waals surface area contributed by atoms with Crippen LogP contribution in [0.4, 0.5) is 0 Å². The van der Waals surface area contributed by atoms with Crippen molar-refractivity contribution in [2.45, 2.75) is 56.2 Å². The van der Waals surface area contributed by atoms with Crippen LogP contribution >= 0.6 is 0 Å². The Kier molecular flexibility index (Phi) is 5.01. The molecule has 4 nitrogen and oxygen atoms in total. The Bertz CT molecular complexity index is 250. The highest BCUT2D eigenvalue weighted by Gasteiger charge is 2.36. The summed E-state index contributed by atoms with van der Waals surface area (Å²) < 4.78 is 5.71. The van der Waals surface area contributed by atoms with Crippen LogP contribution in [0.25, 0.3) is 0 Å². The zero-order valence-corrected chi connectivity index (χ0v) is 11.8. The van der Waals surface area contributed by atoms with Gasteiger partial charge in [-0.2, -0.15) is 0 Å². The van der Waals surface area contributed by atoms with Crippen molar-refractivity contribution in [2.24, 2.45) is 0 Å². The molecule has 1 aliphatic carbocycles. The van der Waals surface area contributed by atoms with E-state index in [1.54, 1.807) is 0 Å². The lowest BCUT2D eigenvalue weighted by Crippen LogP contribution is -2.54. The van der Waals surface area contributed by atoms with Crippen LogP contribution in [0.1, 0.15) is 38.5 Å². The standard InChI is InChI=1S/C14H28N2O2/c1-15-14(11-17)7-3-5-12(9-14)16(2)10-13-6-4-8-18-13/h12-13,15,17H,3-11H2,1-2H3. The molecule has 0 radical (unpaired) electrons. The molecule has 2 fully saturated rings. The zero-order chi connectivity index (χ0) is 13.0. The topological polar surface area (TPSA) is 44.7 Å². The van der Waals surface area contributed by atoms with Gasteiger partial charge >= 0.3 is 0 Å². The van der Waals surface area contributed by atoms with E-state index >= 15 is 0 Å². The van der Waals surface area contributed by atoms with Gasteiger partial charge in [0.2, 0.25) is 0 Å². The Morgan fingerprint density at radius 1 is 1.39 bits per heavy atom. The molecular formula is C14H28N2O2. The van der Waals surface area contributed by atoms with Crippen molar-refractivity contribution in [3.63, 3.8) is 0 Å². The summed E-state index contributed by atoms with van der Waals surface area (Å²) in [5.41, 5.74) is -0.0618. The van der Waals surface area contributed by atoms with Crippen molar-refractivity contribution < 1.29 is 9.84 Å². The number of nitrogens with zero attached hydrogens (tertiary/aromatic N) is 1. The van der Waals surface area contributed by atoms with E-state index in [9.17, 15) is 5.11 Å². The third-order valence-corrected chi connectivity index (χ3v) is 4.79. The highest BCUT2D eigenvalue weighted by Crippen LogP contribution is 2.30. The fourth-order valence-electron chi connectivity index (χ4n) is 3.42. The highest BCUT2D eigenvalue weighted by atomic mass is 16.5. The molecule has 0 spiro atoms. The molecule has 2 N–H and O–H groups in total. The first kappa shape index (κ1) is 14.3. The average molecular weight is 256 g/mol. The Balaban J connectivity index is 1.87. The van der Waals surface area contributed by atoms with Gasteiger partial charge in [0, 0.05) is 24.7 Å². The van der Waals surface area contributed by atoms with Crippen molar-refractivity contribution in [2.75, 3.05) is 33.9 Å². The minimum Gasteiger partial charge on any atom is -0.394 e. The Labute approximate surface area is 111 Å². The molecule has 2 aliphatic rings. The molecule has 2 rings (SSSR count). The lowest BCUT2D eigenvalue weighted by atomic mass is 9.79. The van der Waals surface area contributed by atoms with E-state index in [1.165, 1.54) is 25.7 Å². The fraction of sp³-hybridized carbons (Fsp3) is 1.00. The lowest BCUT2D eigenvalue weighted by Gasteiger charge is -2.43. The van der Waals surface area contributed by atoms with E-state index in [0.717, 1.165) is 26.0 Å². The van der Waals surface area contributed by atoms with E-state index in [4.69, 9.17) is 4.74 Å². The number of rotatable bonds is 5. The smallest absolute Gasteiger partial charge is 0.0702 e. The Morgan fingerprint density at radius 2 is 2.22 bits per heavy atom. The summed E-state index contributed by atoms with van der Waals surface area (Å²) >= 11 is 0. The van der Waals surface area contributed by atoms with Crippen LogP contribution in [0.15, 0.2) is 0 Å². The van der Waals surface area contributed by atoms with Gasteiger partial charge in [-0.25, -0.2) is 0 Å². The molecule has 1 aliphatic heterocycles. The molecule has 1 heterocycles. The maximum atomic E-state index is 9.62. The molecule has 1 saturated heterocycles. The van der Waals surface area contributed by atoms with Crippen molar-refractivity contribution >= 4 is 0 Å². The van der Waals surface area contributed by atoms with Gasteiger partial charge in [0.15, 0.2) is 0 Å². The van der Waals surface area contributed by atoms with E-state index in [0.29, 0.717) is 12.1 Å². The second-order valence-electron chi connectivity index (χ2n) is 6.01. The van der Waals surface area contributed by atoms with Gasteiger partial charge in [-0.05, 0) is 52.6 Å². The number of ether oxygens (including phenoxy) is 1. The molecule has 3 unspecified atom stereocenters. The first-order valence-electron chi connectivity index (χ1n) is 7.31. The zero-order valence-electron chi connectivity index (χ0n) is 11.8. The fourth-order valence-corrected chi connectivity index (χ4v) is 3.42. The van der Waals surface area contributed by atoms with Crippen molar-refractivity contribution in [3.8, 4) is 0 Å². The third kappa shape index (κ3) is 3.23. The molecule has 0 amide bonds. The van der Waals surface area contributed by atoms with Gasteiger partial charge in [0.25, 0.3) is 0 Å². The average Bonchev–Trinajstić information content (AvgIpc) is 2.91. The van der Waals surface area contributed by atoms with Gasteiger partial charge in [-0.1, -0.05) is 0 Å². The summed E-state index contributed by atoms with van der Waals surface area (Å²) in [6.07, 6.45) is 7.41. The lowest BCUT2D eigenvalue weighted by molar-refractivity contribution is 0.0361. The van der Waals surface area contributed by atoms with Crippen LogP contribution in [0.3, 0.4) is 0 Å². The molecule has 0 bridgehead atoms. The number of aliphatic hydroxyl groups excluding tert-OH is 1. The molecule has 4 heteroatoms. The highest BCUT2D eigenvalue weighted by molar-refractivity contribution is 4.95. The van der Waals surface area contributed by atoms with E-state index in [1.807, 2.05) is 7.05 Å². The summed E-state index contributed by atoms with van der Waals surface area (Å²) in [5, 5.41) is 13.0. The first-order chi connectivity index (χ1) is 8.69. The van der Waals surface area contributed by atoms with Crippen LogP contribution in [0, 0.1) is 0 Å². The SMILES string of the molecule is CNC1(CO)CCCC(N(C)CC2CCCO2)C1. The summed E-state index contributed by atoms with van der Waals surface area (Å²) in [5.74, 6) is 0. The van der Waals surface area contributed by atoms with E-state index in [-0.39, 0.29) is 12.1 Å². The van der Waals surface area contributed by atoms with Gasteiger partial charge in [0.05, 0.1) is 12.7 Å². The van der Waals surface area contributed by atoms with Gasteiger partial charge < -0.3 is 20.1 Å². The maximum Gasteiger partial charge on any atom is 0.0702 e. The minimum absolute atomic E-state index is 0.0618. The number of aliphatic hydroxyl groups is 1. The quantitative estimate of drug-likeness (QED) is 0.770. The minimum atomic E-state index is -0.0618. The maximum absolute atomic E-state index is 9.62. The number of hydrogen-bond donors (Lipinski definition) is 2. The molecular weight excluding hydrogens is 228 g/mol. The Hall–Kier alpha value is -0.160. The summed E-state index contributed by atoms with van der Waals surface area (Å²) in [7, 11) is 4.17. The largest absolute Gasteiger partial charge is 0.394 e. The molecule has 0 aromatic carbocycles. The second kappa shape index (κ2) is 6.33. The van der Waals surface area contributed by atoms with Crippen molar-refractivity contribution in [1.29, 1.82) is 0 Å². The monoisotopic (exact) mass is 256 g/mol. The normalized spacial score (nSPS) is 37.3. The predicted molar refractivity (Wildman–Crippen MR) is 72.7 cm³/mol. The molecule has 18 heavy (non-hydrogen) atoms. The van der Waals surface area contributed by atoms with Crippen LogP contribution in [0.2, 0.25) is 0 Å². The Morgan fingerprint density at radius 3 is 2.83 bits per heavy atom. The summed E-state index contributed by atoms with van der Waals surface area (Å²) in [6.45, 7) is 2.21. The molecule has 3 atom stereocenters. The molecule has 1 saturated carbocycles. The molecule has 0 aromatic heterocycles. The second-order valence-corrected chi connectivity index (χ2v) is 6.01. The number of nitrogens with one attached hydrogen (secondary N) is 1. The number of likely N-dealkylation sites (N-methyl/N-ethyl adjacent to an activating group) is 2. The van der Waals surface area contributed by atoms with Gasteiger partial charge in [0.1, 0.15) is 0 Å².